The van der Waals surface area contributed by atoms with Gasteiger partial charge in [-0.1, -0.05) is 72.3 Å². The normalized spacial score (nSPS) is 25.8. The fourth-order valence-corrected chi connectivity index (χ4v) is 1.95. The molecule has 0 heterocycles. The van der Waals surface area contributed by atoms with E-state index in [1.807, 2.05) is 27.7 Å². The smallest absolute Gasteiger partial charge is 0.178 e. The molecule has 0 bridgehead atoms. The van der Waals surface area contributed by atoms with Gasteiger partial charge in [-0.15, -0.1) is 0 Å². The first-order chi connectivity index (χ1) is 15.4. The molecular weight excluding hydrogens is 392 g/mol. The van der Waals surface area contributed by atoms with Crippen molar-refractivity contribution < 1.29 is 9.59 Å². The summed E-state index contributed by atoms with van der Waals surface area (Å²) in [5.41, 5.74) is 3.13. The van der Waals surface area contributed by atoms with Crippen molar-refractivity contribution in [3.05, 3.63) is 95.2 Å². The van der Waals surface area contributed by atoms with Crippen LogP contribution in [0.1, 0.15) is 27.7 Å². The average molecular weight is 417 g/mol. The summed E-state index contributed by atoms with van der Waals surface area (Å²) in [7, 11) is 0. The highest BCUT2D eigenvalue weighted by atomic mass is 16.1. The van der Waals surface area contributed by atoms with Crippen LogP contribution in [-0.2, 0) is 9.59 Å². The van der Waals surface area contributed by atoms with E-state index < -0.39 is 0 Å². The van der Waals surface area contributed by atoms with Gasteiger partial charge < -0.3 is 0 Å². The van der Waals surface area contributed by atoms with E-state index in [0.717, 1.165) is 22.3 Å². The highest BCUT2D eigenvalue weighted by Crippen LogP contribution is 1.95. The number of allylic oxidation sites excluding steroid dienone is 16. The molecule has 0 aromatic carbocycles. The van der Waals surface area contributed by atoms with Crippen molar-refractivity contribution in [3.63, 3.8) is 0 Å². The molecule has 32 heavy (non-hydrogen) atoms. The van der Waals surface area contributed by atoms with Crippen LogP contribution in [0.15, 0.2) is 95.2 Å². The van der Waals surface area contributed by atoms with Gasteiger partial charge >= 0.3 is 0 Å². The van der Waals surface area contributed by atoms with Gasteiger partial charge in [0.25, 0.3) is 0 Å². The molecule has 0 aromatic heterocycles. The summed E-state index contributed by atoms with van der Waals surface area (Å²) in [4.78, 5) is 23.7. The van der Waals surface area contributed by atoms with E-state index in [-0.39, 0.29) is 11.6 Å². The minimum absolute atomic E-state index is 0.138. The summed E-state index contributed by atoms with van der Waals surface area (Å²) in [6.45, 7) is 7.35. The zero-order valence-corrected chi connectivity index (χ0v) is 18.7. The monoisotopic (exact) mass is 416 g/mol. The molecule has 0 fully saturated rings. The Hall–Kier alpha value is -4.50. The minimum Gasteiger partial charge on any atom is -0.290 e. The van der Waals surface area contributed by atoms with Crippen molar-refractivity contribution in [2.45, 2.75) is 27.7 Å². The van der Waals surface area contributed by atoms with Gasteiger partial charge in [-0.05, 0) is 98.0 Å². The zero-order valence-electron chi connectivity index (χ0n) is 18.7. The molecule has 1 aliphatic rings. The Labute approximate surface area is 191 Å². The molecule has 0 unspecified atom stereocenters. The van der Waals surface area contributed by atoms with Crippen LogP contribution < -0.4 is 0 Å². The van der Waals surface area contributed by atoms with Crippen LogP contribution in [-0.4, -0.2) is 11.6 Å². The molecule has 0 N–H and O–H groups in total. The van der Waals surface area contributed by atoms with E-state index in [1.54, 1.807) is 48.6 Å². The fraction of sp³-hybridized carbons (Fsp3) is 0.133. The van der Waals surface area contributed by atoms with Gasteiger partial charge in [0.1, 0.15) is 0 Å². The highest BCUT2D eigenvalue weighted by molar-refractivity contribution is 6.00. The van der Waals surface area contributed by atoms with Gasteiger partial charge in [0.15, 0.2) is 11.6 Å². The molecule has 0 aromatic rings. The molecule has 0 atom stereocenters. The maximum absolute atomic E-state index is 11.9. The lowest BCUT2D eigenvalue weighted by Crippen LogP contribution is -1.83. The summed E-state index contributed by atoms with van der Waals surface area (Å²) in [6, 6.07) is 0. The molecule has 0 aliphatic heterocycles. The summed E-state index contributed by atoms with van der Waals surface area (Å²) >= 11 is 0. The number of rotatable bonds is 0. The van der Waals surface area contributed by atoms with Crippen LogP contribution in [0.4, 0.5) is 0 Å². The third kappa shape index (κ3) is 13.6. The highest BCUT2D eigenvalue weighted by Gasteiger charge is 1.88. The molecule has 0 amide bonds. The lowest BCUT2D eigenvalue weighted by Gasteiger charge is -1.85. The third-order valence-electron chi connectivity index (χ3n) is 3.59. The number of ketones is 2. The van der Waals surface area contributed by atoms with Crippen LogP contribution in [0.5, 0.6) is 0 Å². The van der Waals surface area contributed by atoms with E-state index in [2.05, 4.69) is 47.4 Å². The molecule has 0 saturated heterocycles. The van der Waals surface area contributed by atoms with Crippen molar-refractivity contribution in [2.24, 2.45) is 0 Å². The fourth-order valence-electron chi connectivity index (χ4n) is 1.95. The van der Waals surface area contributed by atoms with Gasteiger partial charge in [0.2, 0.25) is 0 Å². The van der Waals surface area contributed by atoms with Crippen LogP contribution in [0, 0.1) is 47.4 Å². The van der Waals surface area contributed by atoms with E-state index in [4.69, 9.17) is 0 Å². The first kappa shape index (κ1) is 25.5. The number of hydrogen-bond acceptors (Lipinski definition) is 2. The second kappa shape index (κ2) is 15.4. The van der Waals surface area contributed by atoms with Gasteiger partial charge in [-0.2, -0.15) is 0 Å². The van der Waals surface area contributed by atoms with Crippen molar-refractivity contribution in [1.82, 2.24) is 0 Å². The topological polar surface area (TPSA) is 34.1 Å². The van der Waals surface area contributed by atoms with E-state index in [1.165, 1.54) is 24.3 Å². The van der Waals surface area contributed by atoms with Crippen molar-refractivity contribution in [3.8, 4) is 47.4 Å². The van der Waals surface area contributed by atoms with E-state index in [9.17, 15) is 9.59 Å². The van der Waals surface area contributed by atoms with Crippen molar-refractivity contribution in [1.29, 1.82) is 0 Å². The van der Waals surface area contributed by atoms with E-state index >= 15 is 0 Å². The maximum atomic E-state index is 11.9. The zero-order chi connectivity index (χ0) is 23.6. The average Bonchev–Trinajstić information content (AvgIpc) is 2.74. The van der Waals surface area contributed by atoms with Crippen LogP contribution in [0.2, 0.25) is 0 Å². The molecule has 1 rings (SSSR count). The molecule has 0 spiro atoms. The SMILES string of the molecule is C/C1=C/C=C/C(=O)/C=C/C=C(\C)C#CC#C/C(C)=C/C=C/C(=O)/C=C/C=C(/C)C#CC#C1. The largest absolute Gasteiger partial charge is 0.290 e. The summed E-state index contributed by atoms with van der Waals surface area (Å²) in [5, 5.41) is 0. The summed E-state index contributed by atoms with van der Waals surface area (Å²) in [5.74, 6) is 22.4. The van der Waals surface area contributed by atoms with Crippen LogP contribution in [0.3, 0.4) is 0 Å². The van der Waals surface area contributed by atoms with Crippen molar-refractivity contribution in [2.75, 3.05) is 0 Å². The van der Waals surface area contributed by atoms with Gasteiger partial charge in [-0.3, -0.25) is 9.59 Å². The Morgan fingerprint density at radius 1 is 0.438 bits per heavy atom. The minimum atomic E-state index is -0.138. The predicted octanol–water partition coefficient (Wildman–Crippen LogP) is 5.16. The Kier molecular flexibility index (Phi) is 12.3. The second-order valence-electron chi connectivity index (χ2n) is 6.64. The first-order valence-electron chi connectivity index (χ1n) is 9.88. The van der Waals surface area contributed by atoms with Gasteiger partial charge in [-0.25, -0.2) is 0 Å². The quantitative estimate of drug-likeness (QED) is 0.511. The molecule has 0 radical (unpaired) electrons. The van der Waals surface area contributed by atoms with Crippen LogP contribution >= 0.6 is 0 Å². The second-order valence-corrected chi connectivity index (χ2v) is 6.64. The third-order valence-corrected chi connectivity index (χ3v) is 3.59. The first-order valence-corrected chi connectivity index (χ1v) is 9.88. The van der Waals surface area contributed by atoms with Gasteiger partial charge in [0.05, 0.1) is 0 Å². The Morgan fingerprint density at radius 3 is 0.875 bits per heavy atom. The molecule has 156 valence electrons. The Balaban J connectivity index is 3.16. The standard InChI is InChI=1S/C30H24O2/c1-25-13-5-6-14-26(2)18-11-23-30(32)24-12-20-28(4)16-8-7-15-27(3)19-10-22-29(31)21-9-17-25/h9-12,17-24H,1-4H3/b21-9+,22-10+,23-11+,24-12+,25-17-,26-18-,27-19+,28-20+. The number of carbonyl (C=O) groups excluding carboxylic acids is 2. The molecule has 2 heteroatoms. The van der Waals surface area contributed by atoms with Gasteiger partial charge in [0, 0.05) is 0 Å². The Morgan fingerprint density at radius 2 is 0.656 bits per heavy atom. The van der Waals surface area contributed by atoms with E-state index in [0.29, 0.717) is 0 Å². The summed E-state index contributed by atoms with van der Waals surface area (Å²) in [6.07, 6.45) is 19.4. The summed E-state index contributed by atoms with van der Waals surface area (Å²) < 4.78 is 0. The molecular formula is C30H24O2. The molecule has 0 saturated carbocycles. The number of carbonyl (C=O) groups is 2. The van der Waals surface area contributed by atoms with Crippen LogP contribution in [0.25, 0.3) is 0 Å². The Bertz CT molecular complexity index is 1040. The lowest BCUT2D eigenvalue weighted by molar-refractivity contribution is -0.111. The molecule has 2 nitrogen and oxygen atoms in total. The predicted molar refractivity (Wildman–Crippen MR) is 133 cm³/mol. The molecule has 1 aliphatic carbocycles. The number of hydrogen-bond donors (Lipinski definition) is 0. The maximum Gasteiger partial charge on any atom is 0.178 e. The van der Waals surface area contributed by atoms with Crippen molar-refractivity contribution >= 4 is 11.6 Å². The lowest BCUT2D eigenvalue weighted by atomic mass is 10.2.